The van der Waals surface area contributed by atoms with Gasteiger partial charge in [0.05, 0.1) is 26.2 Å². The Hall–Kier alpha value is -4.99. The fraction of sp³-hybridized carbons (Fsp3) is 0.207. The van der Waals surface area contributed by atoms with Gasteiger partial charge in [0.1, 0.15) is 16.5 Å². The Balaban J connectivity index is 1.77. The molecule has 0 aliphatic rings. The highest BCUT2D eigenvalue weighted by atomic mass is 32.1. The lowest BCUT2D eigenvalue weighted by Gasteiger charge is -2.14. The Morgan fingerprint density at radius 3 is 2.39 bits per heavy atom. The molecule has 0 aliphatic carbocycles. The van der Waals surface area contributed by atoms with E-state index in [-0.39, 0.29) is 29.2 Å². The lowest BCUT2D eigenvalue weighted by atomic mass is 10.1. The predicted molar refractivity (Wildman–Crippen MR) is 161 cm³/mol. The maximum atomic E-state index is 14.8. The highest BCUT2D eigenvalue weighted by Crippen LogP contribution is 2.38. The average molecular weight is 624 g/mol. The van der Waals surface area contributed by atoms with E-state index in [1.165, 1.54) is 48.3 Å². The van der Waals surface area contributed by atoms with Crippen molar-refractivity contribution >= 4 is 33.3 Å². The minimum absolute atomic E-state index is 0.0506. The Morgan fingerprint density at radius 1 is 1.02 bits per heavy atom. The summed E-state index contributed by atoms with van der Waals surface area (Å²) in [6.07, 6.45) is 0. The second-order valence-corrected chi connectivity index (χ2v) is 10.8. The molecule has 44 heavy (non-hydrogen) atoms. The molecule has 12 nitrogen and oxygen atoms in total. The number of anilines is 1. The molecule has 0 bridgehead atoms. The number of halogens is 2. The SMILES string of the molecule is CONC(=O)Nc1ccc(-c2sc3c(c2CN(C)C)c(=O)n(-c2ccc(OC)nn2)c(=O)n3Cc2ccc(F)cc2F)cc1. The summed E-state index contributed by atoms with van der Waals surface area (Å²) in [5, 5.41) is 10.8. The number of benzene rings is 2. The van der Waals surface area contributed by atoms with E-state index in [4.69, 9.17) is 4.74 Å². The molecule has 0 aliphatic heterocycles. The van der Waals surface area contributed by atoms with Gasteiger partial charge in [0, 0.05) is 34.8 Å². The van der Waals surface area contributed by atoms with Crippen LogP contribution in [0, 0.1) is 11.6 Å². The first-order chi connectivity index (χ1) is 21.1. The second-order valence-electron chi connectivity index (χ2n) is 9.84. The van der Waals surface area contributed by atoms with E-state index in [0.29, 0.717) is 33.1 Å². The third-order valence-electron chi connectivity index (χ3n) is 6.55. The van der Waals surface area contributed by atoms with Crippen molar-refractivity contribution in [1.29, 1.82) is 0 Å². The van der Waals surface area contributed by atoms with Gasteiger partial charge < -0.3 is 15.0 Å². The highest BCUT2D eigenvalue weighted by molar-refractivity contribution is 7.22. The number of fused-ring (bicyclic) bond motifs is 1. The largest absolute Gasteiger partial charge is 0.480 e. The van der Waals surface area contributed by atoms with Crippen molar-refractivity contribution < 1.29 is 23.1 Å². The molecule has 2 amide bonds. The molecule has 2 N–H and O–H groups in total. The van der Waals surface area contributed by atoms with Gasteiger partial charge in [-0.1, -0.05) is 18.2 Å². The van der Waals surface area contributed by atoms with Gasteiger partial charge in [0.25, 0.3) is 5.56 Å². The fourth-order valence-corrected chi connectivity index (χ4v) is 5.93. The summed E-state index contributed by atoms with van der Waals surface area (Å²) in [6, 6.07) is 12.3. The molecule has 15 heteroatoms. The predicted octanol–water partition coefficient (Wildman–Crippen LogP) is 3.75. The van der Waals surface area contributed by atoms with Crippen molar-refractivity contribution in [3.63, 3.8) is 0 Å². The van der Waals surface area contributed by atoms with Gasteiger partial charge in [0.15, 0.2) is 5.82 Å². The molecular weight excluding hydrogens is 596 g/mol. The Bertz CT molecular complexity index is 1960. The molecule has 5 rings (SSSR count). The van der Waals surface area contributed by atoms with E-state index in [1.54, 1.807) is 24.3 Å². The molecule has 228 valence electrons. The van der Waals surface area contributed by atoms with E-state index >= 15 is 0 Å². The van der Waals surface area contributed by atoms with Crippen LogP contribution in [-0.4, -0.2) is 58.6 Å². The van der Waals surface area contributed by atoms with Crippen LogP contribution in [0.15, 0.2) is 64.2 Å². The van der Waals surface area contributed by atoms with Crippen LogP contribution in [0.25, 0.3) is 26.5 Å². The summed E-state index contributed by atoms with van der Waals surface area (Å²) >= 11 is 1.19. The number of ether oxygens (including phenoxy) is 1. The van der Waals surface area contributed by atoms with Crippen LogP contribution in [-0.2, 0) is 17.9 Å². The van der Waals surface area contributed by atoms with E-state index in [0.717, 1.165) is 16.7 Å². The number of hydrogen-bond donors (Lipinski definition) is 2. The summed E-state index contributed by atoms with van der Waals surface area (Å²) in [5.41, 5.74) is 2.64. The number of amides is 2. The maximum Gasteiger partial charge on any atom is 0.343 e. The number of rotatable bonds is 9. The van der Waals surface area contributed by atoms with Crippen LogP contribution in [0.3, 0.4) is 0 Å². The number of urea groups is 1. The summed E-state index contributed by atoms with van der Waals surface area (Å²) in [6.45, 7) is 0.0301. The number of hydroxylamine groups is 1. The maximum absolute atomic E-state index is 14.8. The van der Waals surface area contributed by atoms with Gasteiger partial charge in [0.2, 0.25) is 5.88 Å². The molecule has 0 saturated heterocycles. The second kappa shape index (κ2) is 12.7. The van der Waals surface area contributed by atoms with Gasteiger partial charge in [-0.3, -0.25) is 14.2 Å². The molecule has 3 heterocycles. The van der Waals surface area contributed by atoms with Crippen molar-refractivity contribution in [2.45, 2.75) is 13.1 Å². The van der Waals surface area contributed by atoms with Crippen LogP contribution in [0.1, 0.15) is 11.1 Å². The molecule has 0 fully saturated rings. The molecule has 0 radical (unpaired) electrons. The van der Waals surface area contributed by atoms with Crippen LogP contribution in [0.2, 0.25) is 0 Å². The van der Waals surface area contributed by atoms with Crippen molar-refractivity contribution in [2.24, 2.45) is 0 Å². The van der Waals surface area contributed by atoms with Crippen molar-refractivity contribution in [2.75, 3.05) is 33.6 Å². The third kappa shape index (κ3) is 6.06. The Kier molecular flexibility index (Phi) is 8.80. The first kappa shape index (κ1) is 30.5. The van der Waals surface area contributed by atoms with Crippen LogP contribution >= 0.6 is 11.3 Å². The number of carbonyl (C=O) groups is 1. The molecular formula is C29H27F2N7O5S. The number of nitrogens with zero attached hydrogens (tertiary/aromatic N) is 5. The monoisotopic (exact) mass is 623 g/mol. The molecule has 3 aromatic heterocycles. The smallest absolute Gasteiger partial charge is 0.343 e. The van der Waals surface area contributed by atoms with E-state index in [2.05, 4.69) is 25.8 Å². The number of hydrogen-bond acceptors (Lipinski definition) is 9. The summed E-state index contributed by atoms with van der Waals surface area (Å²) in [5.74, 6) is -1.46. The number of thiophene rings is 1. The average Bonchev–Trinajstić information content (AvgIpc) is 3.35. The zero-order valence-electron chi connectivity index (χ0n) is 24.1. The van der Waals surface area contributed by atoms with Gasteiger partial charge in [-0.15, -0.1) is 21.5 Å². The number of aromatic nitrogens is 4. The first-order valence-electron chi connectivity index (χ1n) is 13.1. The number of nitrogens with one attached hydrogen (secondary N) is 2. The number of methoxy groups -OCH3 is 1. The van der Waals surface area contributed by atoms with Gasteiger partial charge in [-0.05, 0) is 49.5 Å². The normalized spacial score (nSPS) is 11.2. The fourth-order valence-electron chi connectivity index (χ4n) is 4.63. The van der Waals surface area contributed by atoms with Crippen molar-refractivity contribution in [3.8, 4) is 22.1 Å². The molecule has 2 aromatic carbocycles. The van der Waals surface area contributed by atoms with Gasteiger partial charge in [-0.2, -0.15) is 0 Å². The summed E-state index contributed by atoms with van der Waals surface area (Å²) < 4.78 is 35.8. The minimum Gasteiger partial charge on any atom is -0.480 e. The third-order valence-corrected chi connectivity index (χ3v) is 7.86. The molecule has 0 spiro atoms. The number of carbonyl (C=O) groups excluding carboxylic acids is 1. The standard InChI is InChI=1S/C29H27F2N7O5S/c1-36(2)15-20-24-26(39)38(22-11-12-23(42-3)34-33-22)29(41)37(14-17-5-8-18(30)13-21(17)31)27(24)44-25(20)16-6-9-19(10-7-16)32-28(40)35-43-4/h5-13H,14-15H2,1-4H3,(H2,32,35,40). The lowest BCUT2D eigenvalue weighted by molar-refractivity contribution is 0.114. The van der Waals surface area contributed by atoms with Gasteiger partial charge >= 0.3 is 11.7 Å². The van der Waals surface area contributed by atoms with Crippen molar-refractivity contribution in [3.05, 3.63) is 98.2 Å². The van der Waals surface area contributed by atoms with E-state index in [9.17, 15) is 23.2 Å². The molecule has 0 unspecified atom stereocenters. The Morgan fingerprint density at radius 2 is 1.77 bits per heavy atom. The quantitative estimate of drug-likeness (QED) is 0.237. The molecule has 5 aromatic rings. The summed E-state index contributed by atoms with van der Waals surface area (Å²) in [4.78, 5) is 47.5. The van der Waals surface area contributed by atoms with Crippen LogP contribution in [0.5, 0.6) is 5.88 Å². The molecule has 0 saturated carbocycles. The van der Waals surface area contributed by atoms with Crippen molar-refractivity contribution in [1.82, 2.24) is 29.7 Å². The topological polar surface area (TPSA) is 133 Å². The highest BCUT2D eigenvalue weighted by Gasteiger charge is 2.25. The minimum atomic E-state index is -0.835. The first-order valence-corrected chi connectivity index (χ1v) is 13.9. The zero-order valence-corrected chi connectivity index (χ0v) is 24.9. The summed E-state index contributed by atoms with van der Waals surface area (Å²) in [7, 11) is 6.40. The van der Waals surface area contributed by atoms with E-state index < -0.39 is 28.9 Å². The lowest BCUT2D eigenvalue weighted by Crippen LogP contribution is -2.39. The zero-order chi connectivity index (χ0) is 31.5. The van der Waals surface area contributed by atoms with Gasteiger partial charge in [-0.25, -0.2) is 28.4 Å². The Labute approximate surface area is 253 Å². The molecule has 0 atom stereocenters. The van der Waals surface area contributed by atoms with Crippen LogP contribution < -0.4 is 26.8 Å². The van der Waals surface area contributed by atoms with Crippen LogP contribution in [0.4, 0.5) is 19.3 Å². The van der Waals surface area contributed by atoms with E-state index in [1.807, 2.05) is 19.0 Å².